The van der Waals surface area contributed by atoms with E-state index in [4.69, 9.17) is 4.74 Å². The number of nitrogens with zero attached hydrogens (tertiary/aromatic N) is 1. The third-order valence-electron chi connectivity index (χ3n) is 2.51. The highest BCUT2D eigenvalue weighted by Gasteiger charge is 2.13. The molecule has 0 radical (unpaired) electrons. The summed E-state index contributed by atoms with van der Waals surface area (Å²) < 4.78 is 6.64. The van der Waals surface area contributed by atoms with E-state index >= 15 is 0 Å². The van der Waals surface area contributed by atoms with E-state index in [0.29, 0.717) is 12.6 Å². The summed E-state index contributed by atoms with van der Waals surface area (Å²) in [5.74, 6) is 0. The lowest BCUT2D eigenvalue weighted by molar-refractivity contribution is 0.103. The summed E-state index contributed by atoms with van der Waals surface area (Å²) in [5.41, 5.74) is 1.11. The lowest BCUT2D eigenvalue weighted by Crippen LogP contribution is -2.26. The zero-order chi connectivity index (χ0) is 10.5. The van der Waals surface area contributed by atoms with Crippen LogP contribution in [0.4, 0.5) is 0 Å². The molecule has 3 nitrogen and oxygen atoms in total. The van der Waals surface area contributed by atoms with Crippen LogP contribution in [0.2, 0.25) is 0 Å². The van der Waals surface area contributed by atoms with Gasteiger partial charge in [-0.2, -0.15) is 0 Å². The van der Waals surface area contributed by atoms with Crippen molar-refractivity contribution in [2.24, 2.45) is 0 Å². The average molecular weight is 271 g/mol. The van der Waals surface area contributed by atoms with Crippen LogP contribution < -0.4 is 5.32 Å². The molecule has 2 rings (SSSR count). The fourth-order valence-corrected chi connectivity index (χ4v) is 2.17. The third kappa shape index (κ3) is 3.55. The van der Waals surface area contributed by atoms with Gasteiger partial charge in [-0.05, 0) is 46.9 Å². The maximum atomic E-state index is 5.64. The molecule has 0 aliphatic carbocycles. The number of nitrogens with one attached hydrogen (secondary N) is 1. The lowest BCUT2D eigenvalue weighted by atomic mass is 10.2. The SMILES string of the molecule is Brc1cncc(COCC2CCCN2)c1. The molecule has 1 aromatic heterocycles. The second-order valence-corrected chi connectivity index (χ2v) is 4.74. The second kappa shape index (κ2) is 5.58. The van der Waals surface area contributed by atoms with Gasteiger partial charge in [-0.3, -0.25) is 4.98 Å². The highest BCUT2D eigenvalue weighted by atomic mass is 79.9. The number of rotatable bonds is 4. The maximum absolute atomic E-state index is 5.64. The first-order chi connectivity index (χ1) is 7.34. The van der Waals surface area contributed by atoms with Crippen molar-refractivity contribution in [2.75, 3.05) is 13.2 Å². The Morgan fingerprint density at radius 2 is 2.47 bits per heavy atom. The van der Waals surface area contributed by atoms with Crippen LogP contribution in [0.1, 0.15) is 18.4 Å². The van der Waals surface area contributed by atoms with E-state index in [-0.39, 0.29) is 0 Å². The van der Waals surface area contributed by atoms with Crippen LogP contribution in [0.3, 0.4) is 0 Å². The van der Waals surface area contributed by atoms with Crippen LogP contribution in [0.5, 0.6) is 0 Å². The third-order valence-corrected chi connectivity index (χ3v) is 2.95. The van der Waals surface area contributed by atoms with Gasteiger partial charge >= 0.3 is 0 Å². The molecule has 0 bridgehead atoms. The summed E-state index contributed by atoms with van der Waals surface area (Å²) in [6, 6.07) is 2.58. The molecule has 1 N–H and O–H groups in total. The molecular formula is C11H15BrN2O. The number of hydrogen-bond donors (Lipinski definition) is 1. The number of hydrogen-bond acceptors (Lipinski definition) is 3. The van der Waals surface area contributed by atoms with Gasteiger partial charge < -0.3 is 10.1 Å². The van der Waals surface area contributed by atoms with E-state index in [1.807, 2.05) is 12.3 Å². The lowest BCUT2D eigenvalue weighted by Gasteiger charge is -2.10. The van der Waals surface area contributed by atoms with Crippen molar-refractivity contribution in [3.63, 3.8) is 0 Å². The van der Waals surface area contributed by atoms with Gasteiger partial charge in [0.1, 0.15) is 0 Å². The van der Waals surface area contributed by atoms with E-state index in [1.165, 1.54) is 12.8 Å². The van der Waals surface area contributed by atoms with Crippen molar-refractivity contribution < 1.29 is 4.74 Å². The summed E-state index contributed by atoms with van der Waals surface area (Å²) in [6.45, 7) is 2.57. The standard InChI is InChI=1S/C11H15BrN2O/c12-10-4-9(5-13-6-10)7-15-8-11-2-1-3-14-11/h4-6,11,14H,1-3,7-8H2. The highest BCUT2D eigenvalue weighted by Crippen LogP contribution is 2.11. The van der Waals surface area contributed by atoms with Gasteiger partial charge in [0.25, 0.3) is 0 Å². The molecule has 1 aliphatic rings. The molecule has 1 aliphatic heterocycles. The second-order valence-electron chi connectivity index (χ2n) is 3.82. The normalized spacial score (nSPS) is 20.7. The van der Waals surface area contributed by atoms with Crippen LogP contribution >= 0.6 is 15.9 Å². The first kappa shape index (κ1) is 11.0. The smallest absolute Gasteiger partial charge is 0.0733 e. The summed E-state index contributed by atoms with van der Waals surface area (Å²) >= 11 is 3.39. The van der Waals surface area contributed by atoms with E-state index < -0.39 is 0 Å². The van der Waals surface area contributed by atoms with E-state index in [0.717, 1.165) is 23.2 Å². The molecule has 2 heterocycles. The van der Waals surface area contributed by atoms with Crippen molar-refractivity contribution in [1.82, 2.24) is 10.3 Å². The van der Waals surface area contributed by atoms with Crippen LogP contribution in [-0.4, -0.2) is 24.2 Å². The largest absolute Gasteiger partial charge is 0.375 e. The first-order valence-corrected chi connectivity index (χ1v) is 6.04. The van der Waals surface area contributed by atoms with E-state index in [1.54, 1.807) is 6.20 Å². The molecule has 0 aromatic carbocycles. The minimum Gasteiger partial charge on any atom is -0.375 e. The fraction of sp³-hybridized carbons (Fsp3) is 0.545. The van der Waals surface area contributed by atoms with Gasteiger partial charge in [0.15, 0.2) is 0 Å². The van der Waals surface area contributed by atoms with E-state index in [2.05, 4.69) is 26.2 Å². The number of aromatic nitrogens is 1. The molecule has 1 aromatic rings. The van der Waals surface area contributed by atoms with Crippen molar-refractivity contribution in [1.29, 1.82) is 0 Å². The Hall–Kier alpha value is -0.450. The quantitative estimate of drug-likeness (QED) is 0.910. The monoisotopic (exact) mass is 270 g/mol. The molecule has 0 saturated carbocycles. The van der Waals surface area contributed by atoms with Crippen LogP contribution in [0, 0.1) is 0 Å². The minimum atomic E-state index is 0.546. The summed E-state index contributed by atoms with van der Waals surface area (Å²) in [7, 11) is 0. The molecule has 82 valence electrons. The van der Waals surface area contributed by atoms with Gasteiger partial charge in [-0.1, -0.05) is 0 Å². The molecule has 0 amide bonds. The van der Waals surface area contributed by atoms with Gasteiger partial charge in [0.2, 0.25) is 0 Å². The van der Waals surface area contributed by atoms with E-state index in [9.17, 15) is 0 Å². The highest BCUT2D eigenvalue weighted by molar-refractivity contribution is 9.10. The van der Waals surface area contributed by atoms with Crippen LogP contribution in [-0.2, 0) is 11.3 Å². The molecule has 1 atom stereocenters. The molecule has 1 saturated heterocycles. The molecule has 1 unspecified atom stereocenters. The Kier molecular flexibility index (Phi) is 4.11. The van der Waals surface area contributed by atoms with Crippen LogP contribution in [0.15, 0.2) is 22.9 Å². The molecule has 4 heteroatoms. The van der Waals surface area contributed by atoms with Gasteiger partial charge in [0.05, 0.1) is 13.2 Å². The Labute approximate surface area is 98.4 Å². The maximum Gasteiger partial charge on any atom is 0.0733 e. The Morgan fingerprint density at radius 1 is 1.53 bits per heavy atom. The fourth-order valence-electron chi connectivity index (χ4n) is 1.75. The Bertz CT molecular complexity index is 313. The van der Waals surface area contributed by atoms with Crippen molar-refractivity contribution in [3.05, 3.63) is 28.5 Å². The molecule has 15 heavy (non-hydrogen) atoms. The van der Waals surface area contributed by atoms with Crippen molar-refractivity contribution >= 4 is 15.9 Å². The molecule has 1 fully saturated rings. The summed E-state index contributed by atoms with van der Waals surface area (Å²) in [5, 5.41) is 3.40. The molecular weight excluding hydrogens is 256 g/mol. The minimum absolute atomic E-state index is 0.546. The zero-order valence-corrected chi connectivity index (χ0v) is 10.2. The predicted octanol–water partition coefficient (Wildman–Crippen LogP) is 2.11. The molecule has 0 spiro atoms. The first-order valence-electron chi connectivity index (χ1n) is 5.25. The number of pyridine rings is 1. The van der Waals surface area contributed by atoms with Gasteiger partial charge in [-0.15, -0.1) is 0 Å². The predicted molar refractivity (Wildman–Crippen MR) is 62.6 cm³/mol. The number of halogens is 1. The zero-order valence-electron chi connectivity index (χ0n) is 8.58. The topological polar surface area (TPSA) is 34.1 Å². The Morgan fingerprint density at radius 3 is 3.20 bits per heavy atom. The van der Waals surface area contributed by atoms with Crippen LogP contribution in [0.25, 0.3) is 0 Å². The Balaban J connectivity index is 1.73. The summed E-state index contributed by atoms with van der Waals surface area (Å²) in [4.78, 5) is 4.09. The summed E-state index contributed by atoms with van der Waals surface area (Å²) in [6.07, 6.45) is 6.12. The van der Waals surface area contributed by atoms with Crippen molar-refractivity contribution in [2.45, 2.75) is 25.5 Å². The van der Waals surface area contributed by atoms with Gasteiger partial charge in [-0.25, -0.2) is 0 Å². The number of ether oxygens (including phenoxy) is 1. The van der Waals surface area contributed by atoms with Gasteiger partial charge in [0, 0.05) is 22.9 Å². The average Bonchev–Trinajstić information content (AvgIpc) is 2.71. The van der Waals surface area contributed by atoms with Crippen molar-refractivity contribution in [3.8, 4) is 0 Å².